The van der Waals surface area contributed by atoms with Crippen LogP contribution in [0.1, 0.15) is 5.56 Å². The van der Waals surface area contributed by atoms with Crippen LogP contribution < -0.4 is 4.74 Å². The molecule has 0 aliphatic carbocycles. The van der Waals surface area contributed by atoms with E-state index < -0.39 is 0 Å². The van der Waals surface area contributed by atoms with Gasteiger partial charge in [0.2, 0.25) is 0 Å². The van der Waals surface area contributed by atoms with Gasteiger partial charge in [0.15, 0.2) is 0 Å². The number of benzene rings is 1. The van der Waals surface area contributed by atoms with Crippen molar-refractivity contribution in [1.29, 1.82) is 0 Å². The van der Waals surface area contributed by atoms with Crippen LogP contribution in [-0.2, 0) is 6.61 Å². The number of aliphatic hydroxyl groups excluding tert-OH is 1. The molecule has 0 saturated carbocycles. The van der Waals surface area contributed by atoms with Crippen LogP contribution in [0.2, 0.25) is 0 Å². The molecule has 2 rings (SSSR count). The third-order valence-corrected chi connectivity index (χ3v) is 1.83. The SMILES string of the molecule is COc1cc2nonc2cc1CO. The van der Waals surface area contributed by atoms with Crippen molar-refractivity contribution >= 4 is 11.0 Å². The summed E-state index contributed by atoms with van der Waals surface area (Å²) < 4.78 is 9.57. The predicted molar refractivity (Wildman–Crippen MR) is 44.3 cm³/mol. The summed E-state index contributed by atoms with van der Waals surface area (Å²) in [5.74, 6) is 0.589. The van der Waals surface area contributed by atoms with Crippen LogP contribution >= 0.6 is 0 Å². The van der Waals surface area contributed by atoms with Crippen LogP contribution in [0.15, 0.2) is 16.8 Å². The number of ether oxygens (including phenoxy) is 1. The minimum Gasteiger partial charge on any atom is -0.496 e. The van der Waals surface area contributed by atoms with Gasteiger partial charge >= 0.3 is 0 Å². The number of aliphatic hydroxyl groups is 1. The molecule has 0 radical (unpaired) electrons. The van der Waals surface area contributed by atoms with Gasteiger partial charge in [0, 0.05) is 11.6 Å². The fraction of sp³-hybridized carbons (Fsp3) is 0.250. The molecule has 1 heterocycles. The Labute approximate surface area is 73.9 Å². The monoisotopic (exact) mass is 180 g/mol. The molecule has 5 nitrogen and oxygen atoms in total. The molecule has 0 bridgehead atoms. The summed E-state index contributed by atoms with van der Waals surface area (Å²) in [6.45, 7) is -0.0913. The smallest absolute Gasteiger partial charge is 0.138 e. The highest BCUT2D eigenvalue weighted by Crippen LogP contribution is 2.23. The molecular weight excluding hydrogens is 172 g/mol. The molecule has 0 atom stereocenters. The van der Waals surface area contributed by atoms with E-state index in [4.69, 9.17) is 9.84 Å². The Kier molecular flexibility index (Phi) is 1.86. The number of fused-ring (bicyclic) bond motifs is 1. The molecule has 1 N–H and O–H groups in total. The van der Waals surface area contributed by atoms with Gasteiger partial charge in [-0.05, 0) is 16.4 Å². The van der Waals surface area contributed by atoms with Crippen molar-refractivity contribution in [3.05, 3.63) is 17.7 Å². The van der Waals surface area contributed by atoms with Crippen LogP contribution in [0.3, 0.4) is 0 Å². The summed E-state index contributed by atoms with van der Waals surface area (Å²) in [7, 11) is 1.54. The largest absolute Gasteiger partial charge is 0.496 e. The van der Waals surface area contributed by atoms with Crippen LogP contribution in [0.5, 0.6) is 5.75 Å². The second-order valence-corrected chi connectivity index (χ2v) is 2.58. The number of hydrogen-bond acceptors (Lipinski definition) is 5. The Morgan fingerprint density at radius 3 is 2.69 bits per heavy atom. The van der Waals surface area contributed by atoms with Crippen LogP contribution in [-0.4, -0.2) is 22.5 Å². The molecule has 1 aromatic heterocycles. The summed E-state index contributed by atoms with van der Waals surface area (Å²) in [5.41, 5.74) is 1.91. The fourth-order valence-electron chi connectivity index (χ4n) is 1.17. The van der Waals surface area contributed by atoms with E-state index in [9.17, 15) is 0 Å². The molecule has 0 fully saturated rings. The first kappa shape index (κ1) is 8.00. The Morgan fingerprint density at radius 1 is 1.38 bits per heavy atom. The van der Waals surface area contributed by atoms with Crippen molar-refractivity contribution in [1.82, 2.24) is 10.3 Å². The van der Waals surface area contributed by atoms with Crippen LogP contribution in [0, 0.1) is 0 Å². The lowest BCUT2D eigenvalue weighted by atomic mass is 10.2. The average molecular weight is 180 g/mol. The maximum Gasteiger partial charge on any atom is 0.138 e. The van der Waals surface area contributed by atoms with Crippen molar-refractivity contribution in [2.45, 2.75) is 6.61 Å². The lowest BCUT2D eigenvalue weighted by molar-refractivity contribution is 0.274. The Balaban J connectivity index is 2.67. The van der Waals surface area contributed by atoms with Gasteiger partial charge in [-0.2, -0.15) is 0 Å². The molecular formula is C8H8N2O3. The van der Waals surface area contributed by atoms with E-state index in [1.807, 2.05) is 0 Å². The van der Waals surface area contributed by atoms with Gasteiger partial charge in [-0.15, -0.1) is 0 Å². The Hall–Kier alpha value is -1.62. The molecule has 0 amide bonds. The van der Waals surface area contributed by atoms with Gasteiger partial charge in [-0.3, -0.25) is 0 Å². The zero-order valence-corrected chi connectivity index (χ0v) is 7.02. The molecule has 0 saturated heterocycles. The van der Waals surface area contributed by atoms with Crippen LogP contribution in [0.25, 0.3) is 11.0 Å². The van der Waals surface area contributed by atoms with Crippen molar-refractivity contribution in [2.75, 3.05) is 7.11 Å². The number of aromatic nitrogens is 2. The summed E-state index contributed by atoms with van der Waals surface area (Å²) in [6, 6.07) is 3.36. The third kappa shape index (κ3) is 1.23. The Morgan fingerprint density at radius 2 is 2.08 bits per heavy atom. The number of hydrogen-bond donors (Lipinski definition) is 1. The number of nitrogens with zero attached hydrogens (tertiary/aromatic N) is 2. The van der Waals surface area contributed by atoms with E-state index in [2.05, 4.69) is 14.9 Å². The van der Waals surface area contributed by atoms with Crippen LogP contribution in [0.4, 0.5) is 0 Å². The summed E-state index contributed by atoms with van der Waals surface area (Å²) >= 11 is 0. The van der Waals surface area contributed by atoms with Gasteiger partial charge in [0.25, 0.3) is 0 Å². The number of rotatable bonds is 2. The highest BCUT2D eigenvalue weighted by atomic mass is 16.6. The summed E-state index contributed by atoms with van der Waals surface area (Å²) in [5, 5.41) is 16.3. The molecule has 1 aromatic carbocycles. The second-order valence-electron chi connectivity index (χ2n) is 2.58. The topological polar surface area (TPSA) is 68.4 Å². The second kappa shape index (κ2) is 3.02. The van der Waals surface area contributed by atoms with Gasteiger partial charge in [0.05, 0.1) is 13.7 Å². The maximum atomic E-state index is 8.99. The molecule has 2 aromatic rings. The number of methoxy groups -OCH3 is 1. The third-order valence-electron chi connectivity index (χ3n) is 1.83. The highest BCUT2D eigenvalue weighted by Gasteiger charge is 2.07. The van der Waals surface area contributed by atoms with Gasteiger partial charge in [-0.25, -0.2) is 4.63 Å². The normalized spacial score (nSPS) is 10.6. The quantitative estimate of drug-likeness (QED) is 0.737. The van der Waals surface area contributed by atoms with Crippen molar-refractivity contribution in [3.63, 3.8) is 0 Å². The van der Waals surface area contributed by atoms with Crippen molar-refractivity contribution < 1.29 is 14.5 Å². The van der Waals surface area contributed by atoms with E-state index in [0.29, 0.717) is 22.3 Å². The van der Waals surface area contributed by atoms with E-state index in [1.54, 1.807) is 12.1 Å². The molecule has 0 spiro atoms. The fourth-order valence-corrected chi connectivity index (χ4v) is 1.17. The lowest BCUT2D eigenvalue weighted by Gasteiger charge is -2.03. The predicted octanol–water partition coefficient (Wildman–Crippen LogP) is 0.724. The summed E-state index contributed by atoms with van der Waals surface area (Å²) in [6.07, 6.45) is 0. The minimum atomic E-state index is -0.0913. The molecule has 5 heteroatoms. The molecule has 68 valence electrons. The Bertz CT molecular complexity index is 386. The highest BCUT2D eigenvalue weighted by molar-refractivity contribution is 5.76. The first-order valence-electron chi connectivity index (χ1n) is 3.75. The zero-order valence-electron chi connectivity index (χ0n) is 7.02. The molecule has 13 heavy (non-hydrogen) atoms. The van der Waals surface area contributed by atoms with E-state index in [0.717, 1.165) is 0 Å². The van der Waals surface area contributed by atoms with Crippen molar-refractivity contribution in [2.24, 2.45) is 0 Å². The lowest BCUT2D eigenvalue weighted by Crippen LogP contribution is -1.91. The van der Waals surface area contributed by atoms with Crippen molar-refractivity contribution in [3.8, 4) is 5.75 Å². The van der Waals surface area contributed by atoms with E-state index in [-0.39, 0.29) is 6.61 Å². The minimum absolute atomic E-state index is 0.0913. The van der Waals surface area contributed by atoms with Gasteiger partial charge < -0.3 is 9.84 Å². The first-order chi connectivity index (χ1) is 6.35. The van der Waals surface area contributed by atoms with E-state index in [1.165, 1.54) is 7.11 Å². The first-order valence-corrected chi connectivity index (χ1v) is 3.75. The molecule has 0 aliphatic rings. The van der Waals surface area contributed by atoms with E-state index >= 15 is 0 Å². The average Bonchev–Trinajstić information content (AvgIpc) is 2.62. The molecule has 0 aliphatic heterocycles. The maximum absolute atomic E-state index is 8.99. The standard InChI is InChI=1S/C8H8N2O3/c1-12-8-3-7-6(9-13-10-7)2-5(8)4-11/h2-3,11H,4H2,1H3. The summed E-state index contributed by atoms with van der Waals surface area (Å²) in [4.78, 5) is 0. The zero-order chi connectivity index (χ0) is 9.26. The van der Waals surface area contributed by atoms with Gasteiger partial charge in [0.1, 0.15) is 16.8 Å². The van der Waals surface area contributed by atoms with Gasteiger partial charge in [-0.1, -0.05) is 0 Å². The molecule has 0 unspecified atom stereocenters.